The first-order valence-electron chi connectivity index (χ1n) is 8.91. The zero-order valence-electron chi connectivity index (χ0n) is 15.6. The van der Waals surface area contributed by atoms with Crippen molar-refractivity contribution in [1.29, 1.82) is 0 Å². The van der Waals surface area contributed by atoms with Crippen molar-refractivity contribution in [2.24, 2.45) is 0 Å². The van der Waals surface area contributed by atoms with Gasteiger partial charge in [-0.2, -0.15) is 0 Å². The highest BCUT2D eigenvalue weighted by atomic mass is 35.5. The number of carbonyl (C=O) groups is 2. The minimum atomic E-state index is -1.16. The lowest BCUT2D eigenvalue weighted by molar-refractivity contribution is -0.132. The van der Waals surface area contributed by atoms with Gasteiger partial charge in [0, 0.05) is 10.6 Å². The zero-order valence-corrected chi connectivity index (χ0v) is 16.3. The lowest BCUT2D eigenvalue weighted by Crippen LogP contribution is -2.41. The molecule has 1 heterocycles. The molecule has 6 heteroatoms. The number of nitrogens with one attached hydrogen (secondary N) is 1. The Morgan fingerprint density at radius 1 is 1.11 bits per heavy atom. The van der Waals surface area contributed by atoms with Crippen LogP contribution in [0.15, 0.2) is 48.5 Å². The van der Waals surface area contributed by atoms with Gasteiger partial charge in [-0.15, -0.1) is 0 Å². The van der Waals surface area contributed by atoms with Gasteiger partial charge >= 0.3 is 6.03 Å². The average Bonchev–Trinajstić information content (AvgIpc) is 2.86. The second-order valence-corrected chi connectivity index (χ2v) is 7.69. The van der Waals surface area contributed by atoms with Gasteiger partial charge in [-0.1, -0.05) is 67.9 Å². The molecule has 1 aliphatic heterocycles. The van der Waals surface area contributed by atoms with E-state index in [1.165, 1.54) is 0 Å². The fraction of sp³-hybridized carbons (Fsp3) is 0.333. The lowest BCUT2D eigenvalue weighted by Gasteiger charge is -2.24. The molecule has 0 bridgehead atoms. The Labute approximate surface area is 163 Å². The van der Waals surface area contributed by atoms with E-state index < -0.39 is 23.6 Å². The maximum absolute atomic E-state index is 13.0. The van der Waals surface area contributed by atoms with Gasteiger partial charge in [-0.25, -0.2) is 4.79 Å². The lowest BCUT2D eigenvalue weighted by atomic mass is 9.90. The van der Waals surface area contributed by atoms with Crippen molar-refractivity contribution in [3.05, 3.63) is 70.2 Å². The highest BCUT2D eigenvalue weighted by molar-refractivity contribution is 6.31. The highest BCUT2D eigenvalue weighted by Gasteiger charge is 2.49. The average molecular weight is 387 g/mol. The van der Waals surface area contributed by atoms with Crippen LogP contribution in [0.2, 0.25) is 5.02 Å². The fourth-order valence-corrected chi connectivity index (χ4v) is 3.54. The van der Waals surface area contributed by atoms with Crippen molar-refractivity contribution < 1.29 is 14.7 Å². The number of aliphatic hydroxyl groups is 1. The molecule has 1 aliphatic rings. The van der Waals surface area contributed by atoms with E-state index >= 15 is 0 Å². The van der Waals surface area contributed by atoms with Gasteiger partial charge < -0.3 is 10.4 Å². The summed E-state index contributed by atoms with van der Waals surface area (Å²) in [5, 5.41) is 13.6. The van der Waals surface area contributed by atoms with Crippen LogP contribution in [0.1, 0.15) is 49.5 Å². The summed E-state index contributed by atoms with van der Waals surface area (Å²) in [5.74, 6) is -0.0149. The summed E-state index contributed by atoms with van der Waals surface area (Å²) < 4.78 is 0. The number of hydrogen-bond donors (Lipinski definition) is 2. The third kappa shape index (κ3) is 3.57. The second-order valence-electron chi connectivity index (χ2n) is 7.28. The molecule has 1 saturated heterocycles. The molecule has 0 aromatic heterocycles. The Hall–Kier alpha value is -2.37. The SMILES string of the molecule is CC(C)c1ccc(C2(C)NC(=O)N(CC(O)c3ccccc3Cl)C2=O)cc1. The normalized spacial score (nSPS) is 20.9. The van der Waals surface area contributed by atoms with Crippen LogP contribution < -0.4 is 5.32 Å². The van der Waals surface area contributed by atoms with Crippen molar-refractivity contribution in [2.45, 2.75) is 38.3 Å². The molecule has 0 aliphatic carbocycles. The van der Waals surface area contributed by atoms with Gasteiger partial charge in [0.1, 0.15) is 5.54 Å². The Morgan fingerprint density at radius 3 is 2.33 bits per heavy atom. The second kappa shape index (κ2) is 7.33. The molecule has 0 spiro atoms. The molecular weight excluding hydrogens is 364 g/mol. The Bertz CT molecular complexity index is 866. The molecule has 3 rings (SSSR count). The third-order valence-corrected chi connectivity index (χ3v) is 5.39. The molecule has 2 unspecified atom stereocenters. The van der Waals surface area contributed by atoms with E-state index in [4.69, 9.17) is 11.6 Å². The van der Waals surface area contributed by atoms with Crippen LogP contribution in [0.25, 0.3) is 0 Å². The summed E-state index contributed by atoms with van der Waals surface area (Å²) in [7, 11) is 0. The predicted molar refractivity (Wildman–Crippen MR) is 105 cm³/mol. The van der Waals surface area contributed by atoms with Crippen LogP contribution >= 0.6 is 11.6 Å². The van der Waals surface area contributed by atoms with Crippen LogP contribution in [-0.2, 0) is 10.3 Å². The minimum Gasteiger partial charge on any atom is -0.386 e. The topological polar surface area (TPSA) is 69.6 Å². The van der Waals surface area contributed by atoms with E-state index in [0.717, 1.165) is 10.5 Å². The number of amides is 3. The quantitative estimate of drug-likeness (QED) is 0.764. The number of nitrogens with zero attached hydrogens (tertiary/aromatic N) is 1. The van der Waals surface area contributed by atoms with E-state index in [9.17, 15) is 14.7 Å². The maximum Gasteiger partial charge on any atom is 0.325 e. The van der Waals surface area contributed by atoms with E-state index in [2.05, 4.69) is 19.2 Å². The van der Waals surface area contributed by atoms with Crippen LogP contribution in [0.4, 0.5) is 4.79 Å². The molecular formula is C21H23ClN2O3. The van der Waals surface area contributed by atoms with Crippen molar-refractivity contribution in [1.82, 2.24) is 10.2 Å². The zero-order chi connectivity index (χ0) is 19.8. The van der Waals surface area contributed by atoms with Gasteiger partial charge in [-0.05, 0) is 30.0 Å². The maximum atomic E-state index is 13.0. The molecule has 1 fully saturated rings. The number of β-amino-alcohol motifs (C(OH)–C–C–N with tert-alkyl or cyclic N) is 1. The summed E-state index contributed by atoms with van der Waals surface area (Å²) in [5.41, 5.74) is 1.19. The molecule has 2 aromatic rings. The molecule has 2 atom stereocenters. The largest absolute Gasteiger partial charge is 0.386 e. The predicted octanol–water partition coefficient (Wildman–Crippen LogP) is 3.96. The number of benzene rings is 2. The van der Waals surface area contributed by atoms with Gasteiger partial charge in [-0.3, -0.25) is 9.69 Å². The van der Waals surface area contributed by atoms with E-state index in [-0.39, 0.29) is 6.54 Å². The number of urea groups is 1. The fourth-order valence-electron chi connectivity index (χ4n) is 3.28. The van der Waals surface area contributed by atoms with E-state index in [1.54, 1.807) is 31.2 Å². The number of imide groups is 1. The van der Waals surface area contributed by atoms with Gasteiger partial charge in [0.2, 0.25) is 0 Å². The first kappa shape index (κ1) is 19.4. The smallest absolute Gasteiger partial charge is 0.325 e. The molecule has 2 aromatic carbocycles. The first-order valence-corrected chi connectivity index (χ1v) is 9.29. The van der Waals surface area contributed by atoms with Crippen molar-refractivity contribution in [3.63, 3.8) is 0 Å². The number of carbonyl (C=O) groups excluding carboxylic acids is 2. The first-order chi connectivity index (χ1) is 12.7. The van der Waals surface area contributed by atoms with E-state index in [0.29, 0.717) is 22.1 Å². The van der Waals surface area contributed by atoms with Crippen LogP contribution in [0, 0.1) is 0 Å². The summed E-state index contributed by atoms with van der Waals surface area (Å²) >= 11 is 6.11. The summed E-state index contributed by atoms with van der Waals surface area (Å²) in [6.45, 7) is 5.71. The number of hydrogen-bond acceptors (Lipinski definition) is 3. The number of rotatable bonds is 5. The van der Waals surface area contributed by atoms with Crippen LogP contribution in [0.3, 0.4) is 0 Å². The monoisotopic (exact) mass is 386 g/mol. The van der Waals surface area contributed by atoms with Crippen LogP contribution in [0.5, 0.6) is 0 Å². The van der Waals surface area contributed by atoms with Gasteiger partial charge in [0.15, 0.2) is 0 Å². The standard InChI is InChI=1S/C21H23ClN2O3/c1-13(2)14-8-10-15(11-9-14)21(3)19(26)24(20(27)23-21)12-18(25)16-6-4-5-7-17(16)22/h4-11,13,18,25H,12H2,1-3H3,(H,23,27). The van der Waals surface area contributed by atoms with E-state index in [1.807, 2.05) is 24.3 Å². The Morgan fingerprint density at radius 2 is 1.74 bits per heavy atom. The third-order valence-electron chi connectivity index (χ3n) is 5.05. The number of halogens is 1. The molecule has 3 amide bonds. The Balaban J connectivity index is 1.83. The highest BCUT2D eigenvalue weighted by Crippen LogP contribution is 2.32. The minimum absolute atomic E-state index is 0.159. The van der Waals surface area contributed by atoms with Crippen molar-refractivity contribution in [2.75, 3.05) is 6.54 Å². The summed E-state index contributed by atoms with van der Waals surface area (Å²) in [6, 6.07) is 14.0. The summed E-state index contributed by atoms with van der Waals surface area (Å²) in [6.07, 6.45) is -1.06. The summed E-state index contributed by atoms with van der Waals surface area (Å²) in [4.78, 5) is 26.5. The molecule has 0 radical (unpaired) electrons. The van der Waals surface area contributed by atoms with Crippen molar-refractivity contribution >= 4 is 23.5 Å². The molecule has 2 N–H and O–H groups in total. The Kier molecular flexibility index (Phi) is 5.27. The van der Waals surface area contributed by atoms with Crippen molar-refractivity contribution in [3.8, 4) is 0 Å². The van der Waals surface area contributed by atoms with Crippen LogP contribution in [-0.4, -0.2) is 28.5 Å². The number of aliphatic hydroxyl groups excluding tert-OH is 1. The molecule has 142 valence electrons. The van der Waals surface area contributed by atoms with Gasteiger partial charge in [0.05, 0.1) is 12.6 Å². The molecule has 0 saturated carbocycles. The molecule has 5 nitrogen and oxygen atoms in total. The van der Waals surface area contributed by atoms with Gasteiger partial charge in [0.25, 0.3) is 5.91 Å². The molecule has 27 heavy (non-hydrogen) atoms.